The number of imide groups is 2. The Morgan fingerprint density at radius 1 is 0.970 bits per heavy atom. The summed E-state index contributed by atoms with van der Waals surface area (Å²) < 4.78 is 6.16. The summed E-state index contributed by atoms with van der Waals surface area (Å²) in [5.41, 5.74) is 1.57. The second-order valence-corrected chi connectivity index (χ2v) is 8.15. The normalized spacial score (nSPS) is 14.9. The van der Waals surface area contributed by atoms with Crippen LogP contribution in [0.4, 0.5) is 10.5 Å². The smallest absolute Gasteiger partial charge is 0.343 e. The van der Waals surface area contributed by atoms with Crippen LogP contribution < -0.4 is 15.0 Å². The Morgan fingerprint density at radius 3 is 2.45 bits per heavy atom. The van der Waals surface area contributed by atoms with Crippen LogP contribution in [-0.2, 0) is 9.59 Å². The highest BCUT2D eigenvalue weighted by Crippen LogP contribution is 2.29. The summed E-state index contributed by atoms with van der Waals surface area (Å²) in [6.07, 6.45) is 1.30. The van der Waals surface area contributed by atoms with Crippen molar-refractivity contribution in [2.45, 2.75) is 6.92 Å². The fourth-order valence-electron chi connectivity index (χ4n) is 3.27. The minimum Gasteiger partial charge on any atom is -0.422 e. The third-order valence-corrected chi connectivity index (χ3v) is 5.34. The number of hydrogen-bond donors (Lipinski definition) is 1. The lowest BCUT2D eigenvalue weighted by molar-refractivity contribution is -0.122. The van der Waals surface area contributed by atoms with E-state index in [4.69, 9.17) is 4.74 Å². The lowest BCUT2D eigenvalue weighted by Crippen LogP contribution is -2.54. The average Bonchev–Trinajstić information content (AvgIpc) is 2.78. The van der Waals surface area contributed by atoms with E-state index in [1.807, 2.05) is 13.0 Å². The van der Waals surface area contributed by atoms with Crippen molar-refractivity contribution in [1.29, 1.82) is 0 Å². The van der Waals surface area contributed by atoms with Crippen LogP contribution in [0.2, 0.25) is 0 Å². The van der Waals surface area contributed by atoms with Crippen LogP contribution in [0.5, 0.6) is 5.75 Å². The van der Waals surface area contributed by atoms with Crippen molar-refractivity contribution in [3.8, 4) is 5.75 Å². The van der Waals surface area contributed by atoms with Gasteiger partial charge in [0, 0.05) is 10.0 Å². The van der Waals surface area contributed by atoms with E-state index in [-0.39, 0.29) is 11.3 Å². The molecule has 0 bridgehead atoms. The van der Waals surface area contributed by atoms with Gasteiger partial charge in [0.1, 0.15) is 11.3 Å². The van der Waals surface area contributed by atoms with Gasteiger partial charge in [0.15, 0.2) is 0 Å². The number of nitrogens with zero attached hydrogens (tertiary/aromatic N) is 1. The quantitative estimate of drug-likeness (QED) is 0.241. The molecule has 0 atom stereocenters. The zero-order valence-electron chi connectivity index (χ0n) is 17.4. The van der Waals surface area contributed by atoms with Gasteiger partial charge in [0.2, 0.25) is 0 Å². The van der Waals surface area contributed by atoms with Crippen molar-refractivity contribution in [2.75, 3.05) is 4.90 Å². The van der Waals surface area contributed by atoms with E-state index < -0.39 is 23.8 Å². The molecule has 3 aromatic carbocycles. The Kier molecular flexibility index (Phi) is 6.19. The van der Waals surface area contributed by atoms with E-state index in [1.165, 1.54) is 6.08 Å². The monoisotopic (exact) mass is 504 g/mol. The molecule has 1 fully saturated rings. The first-order valence-electron chi connectivity index (χ1n) is 9.88. The molecule has 164 valence electrons. The number of carbonyl (C=O) groups excluding carboxylic acids is 4. The molecule has 0 unspecified atom stereocenters. The Hall–Kier alpha value is -4.04. The lowest BCUT2D eigenvalue weighted by atomic mass is 10.1. The number of anilines is 1. The molecule has 33 heavy (non-hydrogen) atoms. The van der Waals surface area contributed by atoms with Gasteiger partial charge in [-0.3, -0.25) is 14.9 Å². The maximum atomic E-state index is 13.2. The summed E-state index contributed by atoms with van der Waals surface area (Å²) in [5, 5.41) is 2.19. The Balaban J connectivity index is 1.72. The number of barbiturate groups is 1. The molecule has 1 aliphatic rings. The number of aryl methyl sites for hydroxylation is 1. The van der Waals surface area contributed by atoms with Crippen molar-refractivity contribution < 1.29 is 23.9 Å². The van der Waals surface area contributed by atoms with E-state index >= 15 is 0 Å². The molecular weight excluding hydrogens is 488 g/mol. The Labute approximate surface area is 197 Å². The lowest BCUT2D eigenvalue weighted by Gasteiger charge is -2.26. The SMILES string of the molecule is Cc1cccc(N2C(=O)NC(=O)/C(=C/c3cc(Br)ccc3OC(=O)c3ccccc3)C2=O)c1. The first-order chi connectivity index (χ1) is 15.8. The van der Waals surface area contributed by atoms with Gasteiger partial charge < -0.3 is 4.74 Å². The number of rotatable bonds is 4. The summed E-state index contributed by atoms with van der Waals surface area (Å²) >= 11 is 3.35. The molecule has 1 N–H and O–H groups in total. The second kappa shape index (κ2) is 9.22. The number of carbonyl (C=O) groups is 4. The third kappa shape index (κ3) is 4.75. The molecule has 0 aromatic heterocycles. The molecule has 0 spiro atoms. The van der Waals surface area contributed by atoms with E-state index in [0.29, 0.717) is 21.3 Å². The predicted molar refractivity (Wildman–Crippen MR) is 126 cm³/mol. The molecule has 1 aliphatic heterocycles. The van der Waals surface area contributed by atoms with Crippen LogP contribution in [0, 0.1) is 6.92 Å². The fraction of sp³-hybridized carbons (Fsp3) is 0.0400. The first-order valence-corrected chi connectivity index (χ1v) is 10.7. The number of amides is 4. The third-order valence-electron chi connectivity index (χ3n) is 4.85. The summed E-state index contributed by atoms with van der Waals surface area (Å²) in [4.78, 5) is 51.5. The minimum atomic E-state index is -0.839. The minimum absolute atomic E-state index is 0.152. The molecule has 0 radical (unpaired) electrons. The van der Waals surface area contributed by atoms with Crippen LogP contribution in [0.15, 0.2) is 82.8 Å². The van der Waals surface area contributed by atoms with Gasteiger partial charge >= 0.3 is 12.0 Å². The predicted octanol–water partition coefficient (Wildman–Crippen LogP) is 4.64. The van der Waals surface area contributed by atoms with Gasteiger partial charge in [-0.05, 0) is 61.0 Å². The van der Waals surface area contributed by atoms with Crippen molar-refractivity contribution in [3.63, 3.8) is 0 Å². The molecule has 1 heterocycles. The number of nitrogens with one attached hydrogen (secondary N) is 1. The summed E-state index contributed by atoms with van der Waals surface area (Å²) in [7, 11) is 0. The maximum Gasteiger partial charge on any atom is 0.343 e. The molecule has 0 aliphatic carbocycles. The van der Waals surface area contributed by atoms with E-state index in [2.05, 4.69) is 21.2 Å². The van der Waals surface area contributed by atoms with Crippen LogP contribution in [0.25, 0.3) is 6.08 Å². The number of ether oxygens (including phenoxy) is 1. The summed E-state index contributed by atoms with van der Waals surface area (Å²) in [5.74, 6) is -2.06. The molecule has 7 nitrogen and oxygen atoms in total. The van der Waals surface area contributed by atoms with E-state index in [0.717, 1.165) is 10.5 Å². The summed E-state index contributed by atoms with van der Waals surface area (Å²) in [6, 6.07) is 19.2. The molecule has 4 rings (SSSR count). The zero-order valence-corrected chi connectivity index (χ0v) is 19.0. The molecule has 8 heteroatoms. The highest BCUT2D eigenvalue weighted by molar-refractivity contribution is 9.10. The highest BCUT2D eigenvalue weighted by Gasteiger charge is 2.37. The van der Waals surface area contributed by atoms with Crippen LogP contribution in [-0.4, -0.2) is 23.8 Å². The van der Waals surface area contributed by atoms with Crippen LogP contribution >= 0.6 is 15.9 Å². The first kappa shape index (κ1) is 22.2. The summed E-state index contributed by atoms with van der Waals surface area (Å²) in [6.45, 7) is 1.83. The van der Waals surface area contributed by atoms with Gasteiger partial charge in [0.25, 0.3) is 11.8 Å². The standard InChI is InChI=1S/C25H17BrN2O5/c1-15-6-5-9-19(12-15)28-23(30)20(22(29)27-25(28)32)14-17-13-18(26)10-11-21(17)33-24(31)16-7-3-2-4-8-16/h2-14H,1H3,(H,27,29,32)/b20-14-. The zero-order chi connectivity index (χ0) is 23.5. The molecule has 0 saturated carbocycles. The second-order valence-electron chi connectivity index (χ2n) is 7.23. The molecular formula is C25H17BrN2O5. The molecule has 1 saturated heterocycles. The van der Waals surface area contributed by atoms with Crippen LogP contribution in [0.3, 0.4) is 0 Å². The number of esters is 1. The van der Waals surface area contributed by atoms with Crippen molar-refractivity contribution in [2.24, 2.45) is 0 Å². The van der Waals surface area contributed by atoms with Crippen molar-refractivity contribution in [1.82, 2.24) is 5.32 Å². The fourth-order valence-corrected chi connectivity index (χ4v) is 3.65. The number of benzene rings is 3. The number of urea groups is 1. The number of hydrogen-bond acceptors (Lipinski definition) is 5. The van der Waals surface area contributed by atoms with Gasteiger partial charge in [0.05, 0.1) is 11.3 Å². The van der Waals surface area contributed by atoms with E-state index in [1.54, 1.807) is 66.7 Å². The number of halogens is 1. The topological polar surface area (TPSA) is 92.8 Å². The molecule has 3 aromatic rings. The van der Waals surface area contributed by atoms with Gasteiger partial charge in [-0.2, -0.15) is 0 Å². The van der Waals surface area contributed by atoms with E-state index in [9.17, 15) is 19.2 Å². The molecule has 4 amide bonds. The average molecular weight is 505 g/mol. The van der Waals surface area contributed by atoms with Crippen molar-refractivity contribution in [3.05, 3.63) is 99.5 Å². The highest BCUT2D eigenvalue weighted by atomic mass is 79.9. The van der Waals surface area contributed by atoms with Gasteiger partial charge in [-0.25, -0.2) is 14.5 Å². The van der Waals surface area contributed by atoms with Gasteiger partial charge in [-0.1, -0.05) is 46.3 Å². The Bertz CT molecular complexity index is 1320. The Morgan fingerprint density at radius 2 is 1.73 bits per heavy atom. The largest absolute Gasteiger partial charge is 0.422 e. The van der Waals surface area contributed by atoms with Crippen LogP contribution in [0.1, 0.15) is 21.5 Å². The maximum absolute atomic E-state index is 13.2. The van der Waals surface area contributed by atoms with Gasteiger partial charge in [-0.15, -0.1) is 0 Å². The van der Waals surface area contributed by atoms with Crippen molar-refractivity contribution >= 4 is 51.5 Å².